The first-order valence-corrected chi connectivity index (χ1v) is 10.3. The smallest absolute Gasteiger partial charge is 0.166 e. The predicted octanol–water partition coefficient (Wildman–Crippen LogP) is 4.11. The number of ether oxygens (including phenoxy) is 1. The van der Waals surface area contributed by atoms with E-state index in [9.17, 15) is 9.65 Å². The van der Waals surface area contributed by atoms with Crippen molar-refractivity contribution in [2.75, 3.05) is 5.73 Å². The number of aliphatic imine (C=N–C) groups is 1. The van der Waals surface area contributed by atoms with Crippen molar-refractivity contribution < 1.29 is 9.13 Å². The molecule has 2 aliphatic heterocycles. The van der Waals surface area contributed by atoms with Gasteiger partial charge in [-0.3, -0.25) is 4.99 Å². The number of nitriles is 1. The first kappa shape index (κ1) is 19.9. The van der Waals surface area contributed by atoms with E-state index in [4.69, 9.17) is 10.5 Å². The van der Waals surface area contributed by atoms with Gasteiger partial charge in [0.25, 0.3) is 0 Å². The van der Waals surface area contributed by atoms with Crippen molar-refractivity contribution in [3.8, 4) is 17.5 Å². The molecule has 2 unspecified atom stereocenters. The number of allylic oxidation sites excluding steroid dienone is 1. The quantitative estimate of drug-likeness (QED) is 0.580. The number of rotatable bonds is 0. The number of hydrogen-bond acceptors (Lipinski definition) is 6. The van der Waals surface area contributed by atoms with Crippen LogP contribution in [0.5, 0.6) is 5.75 Å². The molecule has 2 N–H and O–H groups in total. The lowest BCUT2D eigenvalue weighted by molar-refractivity contribution is 0.226. The van der Waals surface area contributed by atoms with Crippen molar-refractivity contribution in [1.29, 1.82) is 5.26 Å². The second-order valence-electron chi connectivity index (χ2n) is 8.10. The molecule has 0 fully saturated rings. The summed E-state index contributed by atoms with van der Waals surface area (Å²) >= 11 is 0. The summed E-state index contributed by atoms with van der Waals surface area (Å²) in [6, 6.07) is 10.4. The molecule has 0 amide bonds. The highest BCUT2D eigenvalue weighted by Gasteiger charge is 2.30. The van der Waals surface area contributed by atoms with Crippen molar-refractivity contribution in [2.24, 2.45) is 4.99 Å². The van der Waals surface area contributed by atoms with Crippen molar-refractivity contribution >= 4 is 17.1 Å². The van der Waals surface area contributed by atoms with Gasteiger partial charge in [0.2, 0.25) is 0 Å². The van der Waals surface area contributed by atoms with Gasteiger partial charge in [0.15, 0.2) is 11.6 Å². The summed E-state index contributed by atoms with van der Waals surface area (Å²) in [5.41, 5.74) is 12.0. The molecule has 0 saturated carbocycles. The molecule has 8 heteroatoms. The van der Waals surface area contributed by atoms with Crippen molar-refractivity contribution in [3.63, 3.8) is 0 Å². The zero-order chi connectivity index (χ0) is 22.6. The van der Waals surface area contributed by atoms with Crippen molar-refractivity contribution in [2.45, 2.75) is 39.3 Å². The van der Waals surface area contributed by atoms with Gasteiger partial charge in [0.05, 0.1) is 17.4 Å². The number of halogens is 1. The van der Waals surface area contributed by atoms with E-state index < -0.39 is 6.10 Å². The third-order valence-corrected chi connectivity index (χ3v) is 5.90. The lowest BCUT2D eigenvalue weighted by Gasteiger charge is -2.22. The van der Waals surface area contributed by atoms with Crippen LogP contribution in [0.2, 0.25) is 0 Å². The normalized spacial score (nSPS) is 19.5. The molecule has 3 aromatic rings. The fourth-order valence-corrected chi connectivity index (χ4v) is 4.41. The summed E-state index contributed by atoms with van der Waals surface area (Å²) in [7, 11) is 0. The Bertz CT molecular complexity index is 1360. The van der Waals surface area contributed by atoms with Crippen molar-refractivity contribution in [1.82, 2.24) is 14.8 Å². The zero-order valence-corrected chi connectivity index (χ0v) is 17.9. The number of nitrogens with zero attached hydrogens (tertiary/aromatic N) is 5. The second kappa shape index (κ2) is 7.31. The molecule has 4 heterocycles. The van der Waals surface area contributed by atoms with Crippen LogP contribution in [-0.2, 0) is 6.42 Å². The lowest BCUT2D eigenvalue weighted by atomic mass is 9.93. The van der Waals surface area contributed by atoms with Crippen LogP contribution < -0.4 is 10.5 Å². The van der Waals surface area contributed by atoms with Gasteiger partial charge in [0, 0.05) is 35.0 Å². The second-order valence-corrected chi connectivity index (χ2v) is 8.10. The zero-order valence-electron chi connectivity index (χ0n) is 17.9. The molecule has 2 atom stereocenters. The van der Waals surface area contributed by atoms with Crippen LogP contribution in [-0.4, -0.2) is 26.5 Å². The SMILES string of the molecule is Cc1cc2n(n1)-c1ccc(F)cc1C(C)Oc1cc(cnc1N)C1=C(C2)C(C)N=C1C#N. The molecule has 1 aromatic carbocycles. The molecule has 2 bridgehead atoms. The Kier molecular flexibility index (Phi) is 4.55. The van der Waals surface area contributed by atoms with Gasteiger partial charge in [-0.1, -0.05) is 0 Å². The lowest BCUT2D eigenvalue weighted by Crippen LogP contribution is -2.15. The molecule has 0 aliphatic carbocycles. The predicted molar refractivity (Wildman–Crippen MR) is 119 cm³/mol. The Morgan fingerprint density at radius 2 is 2.06 bits per heavy atom. The number of hydrogen-bond donors (Lipinski definition) is 1. The van der Waals surface area contributed by atoms with Crippen molar-refractivity contribution in [3.05, 3.63) is 70.4 Å². The van der Waals surface area contributed by atoms with Gasteiger partial charge in [0.1, 0.15) is 23.7 Å². The van der Waals surface area contributed by atoms with Crippen LogP contribution in [0.1, 0.15) is 42.5 Å². The fraction of sp³-hybridized carbons (Fsp3) is 0.250. The number of anilines is 1. The number of nitrogen functional groups attached to an aromatic ring is 1. The van der Waals surface area contributed by atoms with E-state index in [1.54, 1.807) is 18.3 Å². The van der Waals surface area contributed by atoms with E-state index in [1.807, 2.05) is 31.5 Å². The summed E-state index contributed by atoms with van der Waals surface area (Å²) in [5, 5.41) is 14.4. The maximum absolute atomic E-state index is 14.2. The largest absolute Gasteiger partial charge is 0.482 e. The summed E-state index contributed by atoms with van der Waals surface area (Å²) in [6.45, 7) is 5.71. The summed E-state index contributed by atoms with van der Waals surface area (Å²) < 4.78 is 22.2. The van der Waals surface area contributed by atoms with Gasteiger partial charge in [-0.05, 0) is 56.7 Å². The highest BCUT2D eigenvalue weighted by molar-refractivity contribution is 6.33. The Hall–Kier alpha value is -3.99. The molecule has 32 heavy (non-hydrogen) atoms. The first-order chi connectivity index (χ1) is 15.4. The molecule has 0 spiro atoms. The van der Waals surface area contributed by atoms with Gasteiger partial charge < -0.3 is 10.5 Å². The Morgan fingerprint density at radius 1 is 1.25 bits per heavy atom. The van der Waals surface area contributed by atoms with Crippen LogP contribution in [0.4, 0.5) is 10.2 Å². The minimum absolute atomic E-state index is 0.181. The molecular weight excluding hydrogens is 407 g/mol. The monoisotopic (exact) mass is 428 g/mol. The van der Waals surface area contributed by atoms with Gasteiger partial charge >= 0.3 is 0 Å². The number of benzene rings is 1. The van der Waals surface area contributed by atoms with E-state index in [0.29, 0.717) is 29.0 Å². The number of fused-ring (bicyclic) bond motifs is 6. The molecule has 2 aromatic heterocycles. The molecule has 160 valence electrons. The van der Waals surface area contributed by atoms with E-state index in [1.165, 1.54) is 12.1 Å². The number of aromatic nitrogens is 3. The third kappa shape index (κ3) is 3.14. The van der Waals surface area contributed by atoms with E-state index >= 15 is 0 Å². The van der Waals surface area contributed by atoms with E-state index in [0.717, 1.165) is 28.2 Å². The topological polar surface area (TPSA) is 102 Å². The minimum atomic E-state index is -0.531. The minimum Gasteiger partial charge on any atom is -0.482 e. The first-order valence-electron chi connectivity index (χ1n) is 10.3. The van der Waals surface area contributed by atoms with E-state index in [-0.39, 0.29) is 17.7 Å². The Morgan fingerprint density at radius 3 is 2.84 bits per heavy atom. The molecule has 5 rings (SSSR count). The highest BCUT2D eigenvalue weighted by atomic mass is 19.1. The van der Waals surface area contributed by atoms with Gasteiger partial charge in [-0.25, -0.2) is 14.1 Å². The molecule has 0 radical (unpaired) electrons. The summed E-state index contributed by atoms with van der Waals surface area (Å²) in [5.74, 6) is 0.222. The average Bonchev–Trinajstić information content (AvgIpc) is 3.28. The van der Waals surface area contributed by atoms with Gasteiger partial charge in [-0.15, -0.1) is 0 Å². The average molecular weight is 428 g/mol. The molecule has 2 aliphatic rings. The van der Waals surface area contributed by atoms with Crippen LogP contribution in [0.15, 0.2) is 47.1 Å². The van der Waals surface area contributed by atoms with Crippen LogP contribution in [0.3, 0.4) is 0 Å². The van der Waals surface area contributed by atoms with Gasteiger partial charge in [-0.2, -0.15) is 10.4 Å². The molecule has 7 nitrogen and oxygen atoms in total. The Balaban J connectivity index is 1.82. The van der Waals surface area contributed by atoms with Crippen LogP contribution >= 0.6 is 0 Å². The van der Waals surface area contributed by atoms with E-state index in [2.05, 4.69) is 21.1 Å². The van der Waals surface area contributed by atoms with Crippen LogP contribution in [0.25, 0.3) is 11.3 Å². The maximum Gasteiger partial charge on any atom is 0.166 e. The number of nitrogens with two attached hydrogens (primary N) is 1. The number of pyridine rings is 1. The number of aryl methyl sites for hydroxylation is 1. The summed E-state index contributed by atoms with van der Waals surface area (Å²) in [4.78, 5) is 8.87. The molecular formula is C24H21FN6O. The summed E-state index contributed by atoms with van der Waals surface area (Å²) in [6.07, 6.45) is 1.63. The van der Waals surface area contributed by atoms with Crippen LogP contribution in [0, 0.1) is 24.1 Å². The fourth-order valence-electron chi connectivity index (χ4n) is 4.41. The maximum atomic E-state index is 14.2. The molecule has 0 saturated heterocycles. The standard InChI is InChI=1S/C24H21FN6O/c1-12-6-17-9-18-13(2)29-20(10-26)23(18)15-7-22(24(27)28-11-15)32-14(3)19-8-16(25)4-5-21(19)31(17)30-12/h4-8,11,13-14H,9H2,1-3H3,(H2,27,28). The third-order valence-electron chi connectivity index (χ3n) is 5.90. The highest BCUT2D eigenvalue weighted by Crippen LogP contribution is 2.37. The Labute approximate surface area is 184 Å².